The van der Waals surface area contributed by atoms with Gasteiger partial charge in [0, 0.05) is 36.9 Å². The number of benzene rings is 1. The van der Waals surface area contributed by atoms with Crippen LogP contribution in [0.3, 0.4) is 0 Å². The van der Waals surface area contributed by atoms with E-state index in [9.17, 15) is 9.59 Å². The Bertz CT molecular complexity index is 743. The summed E-state index contributed by atoms with van der Waals surface area (Å²) >= 11 is 5.93. The average molecular weight is 333 g/mol. The number of nitrogens with zero attached hydrogens (tertiary/aromatic N) is 3. The number of rotatable bonds is 3. The standard InChI is InChI=1S/C16H17ClN4O2/c1-20-10-14(8-18-20)21-9-11(5-6-15(21)22)16(23)19-13-4-2-3-12(17)7-13/h2-4,7-8,10-11H,5-6,9H2,1H3,(H,19,23). The fourth-order valence-electron chi connectivity index (χ4n) is 2.67. The van der Waals surface area contributed by atoms with Gasteiger partial charge in [-0.15, -0.1) is 0 Å². The Balaban J connectivity index is 1.70. The molecule has 0 saturated carbocycles. The molecule has 6 nitrogen and oxygen atoms in total. The van der Waals surface area contributed by atoms with Crippen molar-refractivity contribution in [3.63, 3.8) is 0 Å². The molecule has 3 rings (SSSR count). The number of carbonyl (C=O) groups is 2. The maximum Gasteiger partial charge on any atom is 0.229 e. The predicted octanol–water partition coefficient (Wildman–Crippen LogP) is 2.46. The summed E-state index contributed by atoms with van der Waals surface area (Å²) in [5.74, 6) is -0.342. The SMILES string of the molecule is Cn1cc(N2CC(C(=O)Nc3cccc(Cl)c3)CCC2=O)cn1. The Morgan fingerprint density at radius 3 is 2.96 bits per heavy atom. The van der Waals surface area contributed by atoms with Crippen molar-refractivity contribution in [3.8, 4) is 0 Å². The minimum absolute atomic E-state index is 0.0183. The number of hydrogen-bond acceptors (Lipinski definition) is 3. The smallest absolute Gasteiger partial charge is 0.229 e. The molecule has 120 valence electrons. The van der Waals surface area contributed by atoms with Crippen LogP contribution in [0.5, 0.6) is 0 Å². The minimum atomic E-state index is -0.258. The topological polar surface area (TPSA) is 67.2 Å². The van der Waals surface area contributed by atoms with Gasteiger partial charge in [0.15, 0.2) is 0 Å². The van der Waals surface area contributed by atoms with Crippen molar-refractivity contribution in [2.75, 3.05) is 16.8 Å². The first-order valence-electron chi connectivity index (χ1n) is 7.38. The van der Waals surface area contributed by atoms with E-state index in [2.05, 4.69) is 10.4 Å². The lowest BCUT2D eigenvalue weighted by Gasteiger charge is -2.30. The predicted molar refractivity (Wildman–Crippen MR) is 88.4 cm³/mol. The van der Waals surface area contributed by atoms with E-state index in [0.29, 0.717) is 30.1 Å². The molecule has 1 aromatic carbocycles. The molecule has 0 bridgehead atoms. The maximum absolute atomic E-state index is 12.5. The fourth-order valence-corrected chi connectivity index (χ4v) is 2.86. The number of halogens is 1. The molecule has 2 aromatic rings. The third-order valence-corrected chi connectivity index (χ3v) is 4.11. The molecule has 0 spiro atoms. The third kappa shape index (κ3) is 3.53. The highest BCUT2D eigenvalue weighted by molar-refractivity contribution is 6.30. The normalized spacial score (nSPS) is 18.1. The van der Waals surface area contributed by atoms with Crippen LogP contribution in [0.25, 0.3) is 0 Å². The number of aryl methyl sites for hydroxylation is 1. The lowest BCUT2D eigenvalue weighted by atomic mass is 9.96. The van der Waals surface area contributed by atoms with Crippen LogP contribution >= 0.6 is 11.6 Å². The quantitative estimate of drug-likeness (QED) is 0.938. The van der Waals surface area contributed by atoms with Gasteiger partial charge in [-0.25, -0.2) is 0 Å². The highest BCUT2D eigenvalue weighted by Gasteiger charge is 2.31. The van der Waals surface area contributed by atoms with E-state index in [4.69, 9.17) is 11.6 Å². The molecule has 1 atom stereocenters. The van der Waals surface area contributed by atoms with Gasteiger partial charge in [-0.3, -0.25) is 14.3 Å². The molecule has 0 radical (unpaired) electrons. The van der Waals surface area contributed by atoms with E-state index in [0.717, 1.165) is 5.69 Å². The average Bonchev–Trinajstić information content (AvgIpc) is 2.94. The number of amides is 2. The van der Waals surface area contributed by atoms with Gasteiger partial charge in [-0.2, -0.15) is 5.10 Å². The zero-order chi connectivity index (χ0) is 16.4. The molecule has 1 N–H and O–H groups in total. The van der Waals surface area contributed by atoms with Crippen LogP contribution in [-0.4, -0.2) is 28.1 Å². The first kappa shape index (κ1) is 15.6. The summed E-state index contributed by atoms with van der Waals surface area (Å²) in [5.41, 5.74) is 1.38. The van der Waals surface area contributed by atoms with Crippen molar-refractivity contribution in [1.82, 2.24) is 9.78 Å². The lowest BCUT2D eigenvalue weighted by molar-refractivity contribution is -0.124. The molecular formula is C16H17ClN4O2. The van der Waals surface area contributed by atoms with Crippen LogP contribution in [0, 0.1) is 5.92 Å². The van der Waals surface area contributed by atoms with E-state index in [-0.39, 0.29) is 17.7 Å². The molecule has 1 unspecified atom stereocenters. The molecular weight excluding hydrogens is 316 g/mol. The van der Waals surface area contributed by atoms with Crippen molar-refractivity contribution in [2.45, 2.75) is 12.8 Å². The summed E-state index contributed by atoms with van der Waals surface area (Å²) in [6.45, 7) is 0.358. The van der Waals surface area contributed by atoms with Crippen LogP contribution in [0.1, 0.15) is 12.8 Å². The molecule has 0 aliphatic carbocycles. The zero-order valence-electron chi connectivity index (χ0n) is 12.7. The van der Waals surface area contributed by atoms with Crippen LogP contribution in [-0.2, 0) is 16.6 Å². The van der Waals surface area contributed by atoms with Crippen LogP contribution in [0.15, 0.2) is 36.7 Å². The molecule has 2 amide bonds. The highest BCUT2D eigenvalue weighted by Crippen LogP contribution is 2.25. The monoisotopic (exact) mass is 332 g/mol. The molecule has 1 aliphatic heterocycles. The Morgan fingerprint density at radius 2 is 2.26 bits per heavy atom. The molecule has 23 heavy (non-hydrogen) atoms. The van der Waals surface area contributed by atoms with Crippen molar-refractivity contribution < 1.29 is 9.59 Å². The van der Waals surface area contributed by atoms with Gasteiger partial charge in [0.2, 0.25) is 11.8 Å². The first-order valence-corrected chi connectivity index (χ1v) is 7.76. The highest BCUT2D eigenvalue weighted by atomic mass is 35.5. The zero-order valence-corrected chi connectivity index (χ0v) is 13.5. The van der Waals surface area contributed by atoms with Crippen molar-refractivity contribution >= 4 is 34.8 Å². The van der Waals surface area contributed by atoms with Gasteiger partial charge in [0.05, 0.1) is 17.8 Å². The molecule has 7 heteroatoms. The largest absolute Gasteiger partial charge is 0.326 e. The van der Waals surface area contributed by atoms with E-state index < -0.39 is 0 Å². The van der Waals surface area contributed by atoms with Gasteiger partial charge in [-0.05, 0) is 24.6 Å². The summed E-state index contributed by atoms with van der Waals surface area (Å²) in [7, 11) is 1.79. The molecule has 1 fully saturated rings. The number of piperidine rings is 1. The van der Waals surface area contributed by atoms with Gasteiger partial charge < -0.3 is 10.2 Å². The van der Waals surface area contributed by atoms with E-state index >= 15 is 0 Å². The minimum Gasteiger partial charge on any atom is -0.326 e. The van der Waals surface area contributed by atoms with Crippen LogP contribution in [0.4, 0.5) is 11.4 Å². The Kier molecular flexibility index (Phi) is 4.34. The van der Waals surface area contributed by atoms with Crippen molar-refractivity contribution in [1.29, 1.82) is 0 Å². The van der Waals surface area contributed by atoms with Gasteiger partial charge in [0.1, 0.15) is 0 Å². The van der Waals surface area contributed by atoms with Crippen molar-refractivity contribution in [3.05, 3.63) is 41.7 Å². The number of anilines is 2. The summed E-state index contributed by atoms with van der Waals surface area (Å²) in [6, 6.07) is 7.02. The van der Waals surface area contributed by atoms with E-state index in [1.165, 1.54) is 0 Å². The Hall–Kier alpha value is -2.34. The summed E-state index contributed by atoms with van der Waals surface area (Å²) in [4.78, 5) is 26.2. The van der Waals surface area contributed by atoms with E-state index in [1.807, 2.05) is 0 Å². The number of nitrogens with one attached hydrogen (secondary N) is 1. The molecule has 2 heterocycles. The first-order chi connectivity index (χ1) is 11.0. The number of aromatic nitrogens is 2. The second kappa shape index (κ2) is 6.42. The van der Waals surface area contributed by atoms with Gasteiger partial charge in [0.25, 0.3) is 0 Å². The van der Waals surface area contributed by atoms with Crippen LogP contribution in [0.2, 0.25) is 5.02 Å². The van der Waals surface area contributed by atoms with Gasteiger partial charge >= 0.3 is 0 Å². The second-order valence-corrected chi connectivity index (χ2v) is 6.05. The Morgan fingerprint density at radius 1 is 1.43 bits per heavy atom. The number of carbonyl (C=O) groups excluding carboxylic acids is 2. The fraction of sp³-hybridized carbons (Fsp3) is 0.312. The number of hydrogen-bond donors (Lipinski definition) is 1. The summed E-state index contributed by atoms with van der Waals surface area (Å²) in [6.07, 6.45) is 4.30. The molecule has 1 aliphatic rings. The summed E-state index contributed by atoms with van der Waals surface area (Å²) in [5, 5.41) is 7.51. The Labute approximate surface area is 139 Å². The van der Waals surface area contributed by atoms with E-state index in [1.54, 1.807) is 53.3 Å². The molecule has 1 aromatic heterocycles. The maximum atomic E-state index is 12.5. The summed E-state index contributed by atoms with van der Waals surface area (Å²) < 4.78 is 1.64. The van der Waals surface area contributed by atoms with Crippen molar-refractivity contribution in [2.24, 2.45) is 13.0 Å². The van der Waals surface area contributed by atoms with Crippen LogP contribution < -0.4 is 10.2 Å². The molecule has 1 saturated heterocycles. The van der Waals surface area contributed by atoms with Gasteiger partial charge in [-0.1, -0.05) is 17.7 Å². The third-order valence-electron chi connectivity index (χ3n) is 3.88. The lowest BCUT2D eigenvalue weighted by Crippen LogP contribution is -2.44. The second-order valence-electron chi connectivity index (χ2n) is 5.61.